The van der Waals surface area contributed by atoms with E-state index in [1.54, 1.807) is 12.0 Å². The van der Waals surface area contributed by atoms with Crippen LogP contribution in [-0.2, 0) is 14.3 Å². The molecule has 3 atom stereocenters. The van der Waals surface area contributed by atoms with Gasteiger partial charge in [0.15, 0.2) is 0 Å². The van der Waals surface area contributed by atoms with E-state index in [-0.39, 0.29) is 31.1 Å². The average Bonchev–Trinajstić information content (AvgIpc) is 2.72. The second-order valence-electron chi connectivity index (χ2n) is 5.27. The molecule has 1 saturated heterocycles. The van der Waals surface area contributed by atoms with E-state index in [0.717, 1.165) is 0 Å². The molecule has 6 nitrogen and oxygen atoms in total. The van der Waals surface area contributed by atoms with Crippen molar-refractivity contribution in [2.45, 2.75) is 44.5 Å². The standard InChI is InChI=1S/C13H24FN3O3/c1-9(20-2)3-4-13(19)16-6-11-5-10(14)7-17(11)8-12(15)18/h9-11H,3-8H2,1-2H3,(H2,15,18)(H,16,19)/t9?,10-,11-/m0/s1. The third kappa shape index (κ3) is 5.83. The Morgan fingerprint density at radius 1 is 1.55 bits per heavy atom. The van der Waals surface area contributed by atoms with Crippen LogP contribution in [0.15, 0.2) is 0 Å². The first-order valence-corrected chi connectivity index (χ1v) is 6.88. The van der Waals surface area contributed by atoms with Crippen LogP contribution in [-0.4, -0.2) is 61.8 Å². The number of hydrogen-bond acceptors (Lipinski definition) is 4. The molecular weight excluding hydrogens is 265 g/mol. The molecule has 1 rings (SSSR count). The summed E-state index contributed by atoms with van der Waals surface area (Å²) < 4.78 is 18.4. The van der Waals surface area contributed by atoms with Gasteiger partial charge in [0.2, 0.25) is 11.8 Å². The number of carbonyl (C=O) groups excluding carboxylic acids is 2. The topological polar surface area (TPSA) is 84.7 Å². The fraction of sp³-hybridized carbons (Fsp3) is 0.846. The summed E-state index contributed by atoms with van der Waals surface area (Å²) in [7, 11) is 1.60. The van der Waals surface area contributed by atoms with Crippen molar-refractivity contribution in [2.24, 2.45) is 5.73 Å². The first-order valence-electron chi connectivity index (χ1n) is 6.88. The van der Waals surface area contributed by atoms with Gasteiger partial charge < -0.3 is 15.8 Å². The van der Waals surface area contributed by atoms with Gasteiger partial charge in [-0.3, -0.25) is 14.5 Å². The number of nitrogens with one attached hydrogen (secondary N) is 1. The normalized spacial score (nSPS) is 24.6. The number of ether oxygens (including phenoxy) is 1. The van der Waals surface area contributed by atoms with Gasteiger partial charge in [-0.15, -0.1) is 0 Å². The lowest BCUT2D eigenvalue weighted by atomic mass is 10.2. The molecule has 1 heterocycles. The Hall–Kier alpha value is -1.21. The van der Waals surface area contributed by atoms with Crippen molar-refractivity contribution in [3.05, 3.63) is 0 Å². The van der Waals surface area contributed by atoms with Crippen LogP contribution in [0.4, 0.5) is 4.39 Å². The molecule has 1 fully saturated rings. The Kier molecular flexibility index (Phi) is 6.87. The fourth-order valence-electron chi connectivity index (χ4n) is 2.30. The molecule has 2 amide bonds. The molecule has 0 radical (unpaired) electrons. The monoisotopic (exact) mass is 289 g/mol. The van der Waals surface area contributed by atoms with E-state index in [9.17, 15) is 14.0 Å². The number of nitrogens with zero attached hydrogens (tertiary/aromatic N) is 1. The molecule has 0 saturated carbocycles. The third-order valence-electron chi connectivity index (χ3n) is 3.55. The van der Waals surface area contributed by atoms with Gasteiger partial charge in [0.25, 0.3) is 0 Å². The lowest BCUT2D eigenvalue weighted by Crippen LogP contribution is -2.43. The number of likely N-dealkylation sites (tertiary alicyclic amines) is 1. The number of hydrogen-bond donors (Lipinski definition) is 2. The zero-order valence-corrected chi connectivity index (χ0v) is 12.1. The lowest BCUT2D eigenvalue weighted by Gasteiger charge is -2.22. The number of halogens is 1. The van der Waals surface area contributed by atoms with Gasteiger partial charge in [0.05, 0.1) is 12.6 Å². The van der Waals surface area contributed by atoms with Gasteiger partial charge in [0, 0.05) is 32.7 Å². The zero-order chi connectivity index (χ0) is 15.1. The predicted molar refractivity (Wildman–Crippen MR) is 72.8 cm³/mol. The minimum Gasteiger partial charge on any atom is -0.382 e. The summed E-state index contributed by atoms with van der Waals surface area (Å²) in [4.78, 5) is 24.3. The third-order valence-corrected chi connectivity index (χ3v) is 3.55. The van der Waals surface area contributed by atoms with Crippen LogP contribution in [0.3, 0.4) is 0 Å². The molecule has 3 N–H and O–H groups in total. The number of amides is 2. The Morgan fingerprint density at radius 3 is 2.85 bits per heavy atom. The van der Waals surface area contributed by atoms with E-state index < -0.39 is 12.1 Å². The molecule has 0 aliphatic carbocycles. The van der Waals surface area contributed by atoms with Gasteiger partial charge >= 0.3 is 0 Å². The number of methoxy groups -OCH3 is 1. The Balaban J connectivity index is 2.31. The lowest BCUT2D eigenvalue weighted by molar-refractivity contribution is -0.121. The minimum absolute atomic E-state index is 0.0294. The van der Waals surface area contributed by atoms with Crippen molar-refractivity contribution in [1.29, 1.82) is 0 Å². The molecule has 0 spiro atoms. The summed E-state index contributed by atoms with van der Waals surface area (Å²) in [6.45, 7) is 2.46. The molecule has 7 heteroatoms. The van der Waals surface area contributed by atoms with Crippen molar-refractivity contribution in [2.75, 3.05) is 26.7 Å². The Labute approximate surface area is 118 Å². The van der Waals surface area contributed by atoms with Crippen LogP contribution < -0.4 is 11.1 Å². The predicted octanol–water partition coefficient (Wildman–Crippen LogP) is -0.185. The molecule has 0 aromatic rings. The van der Waals surface area contributed by atoms with E-state index in [1.165, 1.54) is 0 Å². The molecule has 0 aromatic carbocycles. The maximum absolute atomic E-state index is 13.4. The maximum atomic E-state index is 13.4. The second-order valence-corrected chi connectivity index (χ2v) is 5.27. The highest BCUT2D eigenvalue weighted by Gasteiger charge is 2.32. The maximum Gasteiger partial charge on any atom is 0.231 e. The molecule has 0 aromatic heterocycles. The van der Waals surface area contributed by atoms with Gasteiger partial charge in [0.1, 0.15) is 6.17 Å². The van der Waals surface area contributed by atoms with E-state index in [1.807, 2.05) is 6.92 Å². The van der Waals surface area contributed by atoms with E-state index >= 15 is 0 Å². The summed E-state index contributed by atoms with van der Waals surface area (Å²) in [5, 5.41) is 2.77. The smallest absolute Gasteiger partial charge is 0.231 e. The first kappa shape index (κ1) is 16.8. The summed E-state index contributed by atoms with van der Waals surface area (Å²) in [5.74, 6) is -0.570. The molecule has 1 aliphatic rings. The molecule has 20 heavy (non-hydrogen) atoms. The first-order chi connectivity index (χ1) is 9.42. The number of primary amides is 1. The zero-order valence-electron chi connectivity index (χ0n) is 12.1. The van der Waals surface area contributed by atoms with Crippen molar-refractivity contribution in [3.8, 4) is 0 Å². The van der Waals surface area contributed by atoms with E-state index in [0.29, 0.717) is 25.8 Å². The van der Waals surface area contributed by atoms with Gasteiger partial charge in [-0.05, 0) is 19.8 Å². The second kappa shape index (κ2) is 8.16. The van der Waals surface area contributed by atoms with Crippen molar-refractivity contribution < 1.29 is 18.7 Å². The largest absolute Gasteiger partial charge is 0.382 e. The average molecular weight is 289 g/mol. The van der Waals surface area contributed by atoms with E-state index in [2.05, 4.69) is 5.32 Å². The summed E-state index contributed by atoms with van der Waals surface area (Å²) >= 11 is 0. The van der Waals surface area contributed by atoms with Gasteiger partial charge in [-0.25, -0.2) is 4.39 Å². The van der Waals surface area contributed by atoms with Gasteiger partial charge in [-0.1, -0.05) is 0 Å². The van der Waals surface area contributed by atoms with Crippen LogP contribution in [0.1, 0.15) is 26.2 Å². The van der Waals surface area contributed by atoms with Crippen LogP contribution in [0, 0.1) is 0 Å². The number of carbonyl (C=O) groups is 2. The van der Waals surface area contributed by atoms with E-state index in [4.69, 9.17) is 10.5 Å². The number of rotatable bonds is 8. The summed E-state index contributed by atoms with van der Waals surface area (Å²) in [6, 6.07) is -0.165. The van der Waals surface area contributed by atoms with Crippen LogP contribution >= 0.6 is 0 Å². The highest BCUT2D eigenvalue weighted by molar-refractivity contribution is 5.76. The highest BCUT2D eigenvalue weighted by Crippen LogP contribution is 2.19. The minimum atomic E-state index is -0.968. The SMILES string of the molecule is COC(C)CCC(=O)NC[C@@H]1C[C@H](F)CN1CC(N)=O. The molecule has 0 bridgehead atoms. The Morgan fingerprint density at radius 2 is 2.25 bits per heavy atom. The van der Waals surface area contributed by atoms with Crippen molar-refractivity contribution in [3.63, 3.8) is 0 Å². The van der Waals surface area contributed by atoms with Gasteiger partial charge in [-0.2, -0.15) is 0 Å². The molecule has 1 aliphatic heterocycles. The molecule has 1 unspecified atom stereocenters. The number of alkyl halides is 1. The highest BCUT2D eigenvalue weighted by atomic mass is 19.1. The van der Waals surface area contributed by atoms with Crippen molar-refractivity contribution >= 4 is 11.8 Å². The Bertz CT molecular complexity index is 341. The number of nitrogens with two attached hydrogens (primary N) is 1. The van der Waals surface area contributed by atoms with Crippen molar-refractivity contribution in [1.82, 2.24) is 10.2 Å². The molecule has 116 valence electrons. The summed E-state index contributed by atoms with van der Waals surface area (Å²) in [5.41, 5.74) is 5.13. The van der Waals surface area contributed by atoms with Crippen LogP contribution in [0.25, 0.3) is 0 Å². The van der Waals surface area contributed by atoms with Crippen LogP contribution in [0.2, 0.25) is 0 Å². The quantitative estimate of drug-likeness (QED) is 0.649. The summed E-state index contributed by atoms with van der Waals surface area (Å²) in [6.07, 6.45) is 0.404. The fourth-order valence-corrected chi connectivity index (χ4v) is 2.30. The van der Waals surface area contributed by atoms with Crippen LogP contribution in [0.5, 0.6) is 0 Å². The molecular formula is C13H24FN3O3.